The molecule has 0 radical (unpaired) electrons. The van der Waals surface area contributed by atoms with E-state index in [1.165, 1.54) is 12.1 Å². The zero-order chi connectivity index (χ0) is 23.4. The first-order chi connectivity index (χ1) is 14.2. The minimum absolute atomic E-state index is 0.0338. The Kier molecular flexibility index (Phi) is 7.75. The Hall–Kier alpha value is -2.14. The van der Waals surface area contributed by atoms with E-state index in [4.69, 9.17) is 9.11 Å². The van der Waals surface area contributed by atoms with Gasteiger partial charge in [0, 0.05) is 5.41 Å². The summed E-state index contributed by atoms with van der Waals surface area (Å²) in [5.74, 6) is -0.728. The van der Waals surface area contributed by atoms with Gasteiger partial charge in [0.25, 0.3) is 20.2 Å². The van der Waals surface area contributed by atoms with Crippen LogP contribution in [0.15, 0.2) is 36.4 Å². The lowest BCUT2D eigenvalue weighted by Gasteiger charge is -2.28. The van der Waals surface area contributed by atoms with Gasteiger partial charge in [0.1, 0.15) is 11.5 Å². The van der Waals surface area contributed by atoms with Gasteiger partial charge in [-0.05, 0) is 60.1 Å². The quantitative estimate of drug-likeness (QED) is 0.385. The summed E-state index contributed by atoms with van der Waals surface area (Å²) in [6, 6.07) is 10.1. The van der Waals surface area contributed by atoms with E-state index in [0.29, 0.717) is 11.1 Å². The van der Waals surface area contributed by atoms with E-state index in [1.807, 2.05) is 13.8 Å². The number of phenols is 2. The summed E-state index contributed by atoms with van der Waals surface area (Å²) in [5.41, 5.74) is 2.27. The number of hydrogen-bond acceptors (Lipinski definition) is 6. The Morgan fingerprint density at radius 1 is 0.710 bits per heavy atom. The lowest BCUT2D eigenvalue weighted by atomic mass is 9.76. The molecular weight excluding hydrogens is 444 g/mol. The van der Waals surface area contributed by atoms with Gasteiger partial charge in [-0.15, -0.1) is 0 Å². The minimum atomic E-state index is -4.07. The van der Waals surface area contributed by atoms with Gasteiger partial charge in [0.2, 0.25) is 0 Å². The lowest BCUT2D eigenvalue weighted by molar-refractivity contribution is 0.463. The van der Waals surface area contributed by atoms with Crippen molar-refractivity contribution in [2.24, 2.45) is 0 Å². The number of rotatable bonds is 10. The molecule has 172 valence electrons. The van der Waals surface area contributed by atoms with Gasteiger partial charge in [0.05, 0.1) is 11.5 Å². The van der Waals surface area contributed by atoms with E-state index in [9.17, 15) is 27.0 Å². The molecule has 0 aliphatic carbocycles. The molecule has 0 saturated carbocycles. The predicted octanol–water partition coefficient (Wildman–Crippen LogP) is 3.06. The molecule has 31 heavy (non-hydrogen) atoms. The molecule has 0 fully saturated rings. The zero-order valence-electron chi connectivity index (χ0n) is 17.4. The molecule has 2 rings (SSSR count). The highest BCUT2D eigenvalue weighted by atomic mass is 32.2. The number of aryl methyl sites for hydroxylation is 2. The molecule has 0 saturated heterocycles. The maximum Gasteiger partial charge on any atom is 0.264 e. The fourth-order valence-corrected chi connectivity index (χ4v) is 4.42. The van der Waals surface area contributed by atoms with Crippen molar-refractivity contribution in [1.29, 1.82) is 0 Å². The van der Waals surface area contributed by atoms with Crippen LogP contribution in [0.2, 0.25) is 0 Å². The molecule has 0 unspecified atom stereocenters. The molecule has 0 aromatic heterocycles. The summed E-state index contributed by atoms with van der Waals surface area (Å²) < 4.78 is 61.5. The molecule has 4 N–H and O–H groups in total. The van der Waals surface area contributed by atoms with Crippen LogP contribution in [0.4, 0.5) is 0 Å². The Balaban J connectivity index is 2.28. The van der Waals surface area contributed by atoms with Crippen LogP contribution in [-0.4, -0.2) is 47.7 Å². The first kappa shape index (κ1) is 25.1. The molecular formula is C21H28O8S2. The smallest absolute Gasteiger partial charge is 0.264 e. The van der Waals surface area contributed by atoms with Crippen molar-refractivity contribution in [3.63, 3.8) is 0 Å². The van der Waals surface area contributed by atoms with Crippen molar-refractivity contribution in [2.75, 3.05) is 11.5 Å². The molecule has 8 nitrogen and oxygen atoms in total. The van der Waals surface area contributed by atoms with Crippen molar-refractivity contribution in [2.45, 2.75) is 44.9 Å². The lowest BCUT2D eigenvalue weighted by Crippen LogP contribution is -2.19. The molecule has 0 amide bonds. The van der Waals surface area contributed by atoms with Crippen molar-refractivity contribution in [1.82, 2.24) is 0 Å². The summed E-state index contributed by atoms with van der Waals surface area (Å²) in [7, 11) is -8.15. The molecule has 10 heteroatoms. The van der Waals surface area contributed by atoms with E-state index < -0.39 is 37.2 Å². The number of benzene rings is 2. The summed E-state index contributed by atoms with van der Waals surface area (Å²) in [5, 5.41) is 20.3. The van der Waals surface area contributed by atoms with Gasteiger partial charge >= 0.3 is 0 Å². The molecule has 0 heterocycles. The third kappa shape index (κ3) is 7.49. The molecule has 0 aliphatic heterocycles. The van der Waals surface area contributed by atoms with Crippen LogP contribution < -0.4 is 0 Å². The second-order valence-electron chi connectivity index (χ2n) is 8.09. The second kappa shape index (κ2) is 9.56. The Morgan fingerprint density at radius 2 is 1.06 bits per heavy atom. The first-order valence-electron chi connectivity index (χ1n) is 9.74. The minimum Gasteiger partial charge on any atom is -0.508 e. The van der Waals surface area contributed by atoms with E-state index in [1.54, 1.807) is 24.3 Å². The highest BCUT2D eigenvalue weighted by molar-refractivity contribution is 7.86. The average molecular weight is 473 g/mol. The average Bonchev–Trinajstić information content (AvgIpc) is 2.62. The van der Waals surface area contributed by atoms with Gasteiger partial charge in [-0.1, -0.05) is 38.1 Å². The number of hydrogen-bond donors (Lipinski definition) is 4. The fraction of sp³-hybridized carbons (Fsp3) is 0.429. The highest BCUT2D eigenvalue weighted by Crippen LogP contribution is 2.36. The van der Waals surface area contributed by atoms with Gasteiger partial charge < -0.3 is 10.2 Å². The normalized spacial score (nSPS) is 12.8. The Bertz CT molecular complexity index is 1050. The standard InChI is InChI=1S/C21H28O8S2/c1-21(2,17-7-9-19(22)15(13-17)5-3-11-30(24,25)26)18-8-10-20(23)16(14-18)6-4-12-31(27,28)29/h7-10,13-14,22-23H,3-6,11-12H2,1-2H3,(H,24,25,26)(H,27,28,29). The Morgan fingerprint density at radius 3 is 1.39 bits per heavy atom. The fourth-order valence-electron chi connectivity index (χ4n) is 3.41. The molecule has 0 atom stereocenters. The molecule has 2 aromatic carbocycles. The summed E-state index contributed by atoms with van der Waals surface area (Å²) >= 11 is 0. The monoisotopic (exact) mass is 472 g/mol. The summed E-state index contributed by atoms with van der Waals surface area (Å²) in [6.07, 6.45) is 0.860. The summed E-state index contributed by atoms with van der Waals surface area (Å²) in [6.45, 7) is 3.91. The van der Waals surface area contributed by atoms with Crippen LogP contribution >= 0.6 is 0 Å². The predicted molar refractivity (Wildman–Crippen MR) is 118 cm³/mol. The van der Waals surface area contributed by atoms with E-state index in [-0.39, 0.29) is 37.2 Å². The first-order valence-corrected chi connectivity index (χ1v) is 13.0. The summed E-state index contributed by atoms with van der Waals surface area (Å²) in [4.78, 5) is 0. The molecule has 0 aliphatic rings. The largest absolute Gasteiger partial charge is 0.508 e. The van der Waals surface area contributed by atoms with Crippen molar-refractivity contribution < 1.29 is 36.2 Å². The SMILES string of the molecule is CC(C)(c1ccc(O)c(CCCS(=O)(=O)O)c1)c1ccc(O)c(CCCS(=O)(=O)O)c1. The topological polar surface area (TPSA) is 149 Å². The molecule has 0 spiro atoms. The van der Waals surface area contributed by atoms with Crippen LogP contribution in [0, 0.1) is 0 Å². The van der Waals surface area contributed by atoms with E-state index in [0.717, 1.165) is 11.1 Å². The van der Waals surface area contributed by atoms with E-state index in [2.05, 4.69) is 0 Å². The third-order valence-electron chi connectivity index (χ3n) is 5.30. The van der Waals surface area contributed by atoms with Crippen LogP contribution in [0.5, 0.6) is 11.5 Å². The molecule has 0 bridgehead atoms. The third-order valence-corrected chi connectivity index (χ3v) is 6.91. The Labute approximate surface area is 183 Å². The van der Waals surface area contributed by atoms with Gasteiger partial charge in [-0.25, -0.2) is 0 Å². The maximum atomic E-state index is 10.9. The highest BCUT2D eigenvalue weighted by Gasteiger charge is 2.25. The van der Waals surface area contributed by atoms with Gasteiger partial charge in [-0.3, -0.25) is 9.11 Å². The van der Waals surface area contributed by atoms with E-state index >= 15 is 0 Å². The van der Waals surface area contributed by atoms with Crippen LogP contribution in [-0.2, 0) is 38.5 Å². The zero-order valence-corrected chi connectivity index (χ0v) is 19.1. The maximum absolute atomic E-state index is 10.9. The number of aromatic hydroxyl groups is 2. The van der Waals surface area contributed by atoms with Crippen molar-refractivity contribution in [3.8, 4) is 11.5 Å². The second-order valence-corrected chi connectivity index (χ2v) is 11.2. The van der Waals surface area contributed by atoms with Gasteiger partial charge in [-0.2, -0.15) is 16.8 Å². The van der Waals surface area contributed by atoms with Crippen LogP contribution in [0.3, 0.4) is 0 Å². The van der Waals surface area contributed by atoms with Crippen LogP contribution in [0.1, 0.15) is 48.9 Å². The molecule has 2 aromatic rings. The van der Waals surface area contributed by atoms with Crippen LogP contribution in [0.25, 0.3) is 0 Å². The van der Waals surface area contributed by atoms with Crippen molar-refractivity contribution >= 4 is 20.2 Å². The van der Waals surface area contributed by atoms with Gasteiger partial charge in [0.15, 0.2) is 0 Å². The number of phenolic OH excluding ortho intramolecular Hbond substituents is 2. The van der Waals surface area contributed by atoms with Crippen molar-refractivity contribution in [3.05, 3.63) is 58.7 Å².